The lowest BCUT2D eigenvalue weighted by molar-refractivity contribution is 0.478. The number of hydrogen-bond donors (Lipinski definition) is 2. The second-order valence-corrected chi connectivity index (χ2v) is 7.71. The summed E-state index contributed by atoms with van der Waals surface area (Å²) in [6, 6.07) is 0. The van der Waals surface area contributed by atoms with Crippen molar-refractivity contribution in [3.05, 3.63) is 11.8 Å². The fraction of sp³-hybridized carbons (Fsp3) is 0.818. The highest BCUT2D eigenvalue weighted by Crippen LogP contribution is 2.03. The fourth-order valence-electron chi connectivity index (χ4n) is 1.26. The Labute approximate surface area is 90.9 Å². The summed E-state index contributed by atoms with van der Waals surface area (Å²) < 4.78 is 0. The lowest BCUT2D eigenvalue weighted by atomic mass is 10.1. The Morgan fingerprint density at radius 3 is 1.43 bits per heavy atom. The first-order chi connectivity index (χ1) is 6.14. The van der Waals surface area contributed by atoms with Crippen molar-refractivity contribution in [3.63, 3.8) is 0 Å². The van der Waals surface area contributed by atoms with Gasteiger partial charge in [0, 0.05) is 11.1 Å². The second-order valence-electron chi connectivity index (χ2n) is 5.79. The van der Waals surface area contributed by atoms with Crippen molar-refractivity contribution < 1.29 is 0 Å². The smallest absolute Gasteiger partial charge is 0.210 e. The Bertz CT molecular complexity index is 170. The van der Waals surface area contributed by atoms with E-state index < -0.39 is 9.12 Å². The van der Waals surface area contributed by atoms with E-state index in [0.717, 1.165) is 0 Å². The molecule has 0 radical (unpaired) electrons. The van der Waals surface area contributed by atoms with E-state index in [4.69, 9.17) is 0 Å². The van der Waals surface area contributed by atoms with Gasteiger partial charge in [0.05, 0.1) is 0 Å². The molecule has 0 saturated carbocycles. The van der Waals surface area contributed by atoms with Crippen molar-refractivity contribution in [2.45, 2.75) is 59.5 Å². The van der Waals surface area contributed by atoms with E-state index in [0.29, 0.717) is 0 Å². The van der Waals surface area contributed by atoms with Crippen LogP contribution in [0, 0.1) is 0 Å². The summed E-state index contributed by atoms with van der Waals surface area (Å²) in [5.41, 5.74) is 2.67. The summed E-state index contributed by atoms with van der Waals surface area (Å²) in [6.45, 7) is 15.3. The number of rotatable bonds is 3. The lowest BCUT2D eigenvalue weighted by Gasteiger charge is -2.31. The van der Waals surface area contributed by atoms with E-state index in [-0.39, 0.29) is 11.1 Å². The zero-order valence-corrected chi connectivity index (χ0v) is 11.9. The average Bonchev–Trinajstić information content (AvgIpc) is 1.78. The van der Waals surface area contributed by atoms with Gasteiger partial charge >= 0.3 is 0 Å². The molecule has 0 saturated heterocycles. The highest BCUT2D eigenvalue weighted by atomic mass is 28.3. The van der Waals surface area contributed by atoms with Gasteiger partial charge in [-0.3, -0.25) is 0 Å². The van der Waals surface area contributed by atoms with Gasteiger partial charge in [-0.1, -0.05) is 11.8 Å². The van der Waals surface area contributed by atoms with Crippen LogP contribution in [-0.4, -0.2) is 20.2 Å². The minimum atomic E-state index is -1.16. The molecule has 0 aliphatic heterocycles. The average molecular weight is 214 g/mol. The summed E-state index contributed by atoms with van der Waals surface area (Å²) in [4.78, 5) is 7.31. The van der Waals surface area contributed by atoms with Crippen molar-refractivity contribution in [2.75, 3.05) is 0 Å². The molecular weight excluding hydrogens is 188 g/mol. The molecule has 0 aromatic heterocycles. The topological polar surface area (TPSA) is 24.1 Å². The zero-order chi connectivity index (χ0) is 11.4. The van der Waals surface area contributed by atoms with Crippen molar-refractivity contribution in [3.8, 4) is 0 Å². The molecule has 0 fully saturated rings. The van der Waals surface area contributed by atoms with Gasteiger partial charge in [-0.2, -0.15) is 0 Å². The van der Waals surface area contributed by atoms with E-state index in [9.17, 15) is 0 Å². The molecule has 0 aromatic rings. The summed E-state index contributed by atoms with van der Waals surface area (Å²) in [5.74, 6) is 0. The van der Waals surface area contributed by atoms with Crippen LogP contribution in [0.2, 0.25) is 0 Å². The minimum absolute atomic E-state index is 0.189. The summed E-state index contributed by atoms with van der Waals surface area (Å²) in [7, 11) is -1.16. The quantitative estimate of drug-likeness (QED) is 0.703. The highest BCUT2D eigenvalue weighted by Gasteiger charge is 2.20. The Hall–Kier alpha value is -0.123. The Morgan fingerprint density at radius 2 is 1.21 bits per heavy atom. The van der Waals surface area contributed by atoms with Crippen LogP contribution in [0.1, 0.15) is 48.5 Å². The maximum Gasteiger partial charge on any atom is 0.210 e. The molecule has 0 spiro atoms. The molecule has 0 heterocycles. The van der Waals surface area contributed by atoms with Crippen molar-refractivity contribution in [1.29, 1.82) is 0 Å². The molecule has 0 amide bonds. The van der Waals surface area contributed by atoms with Crippen LogP contribution in [0.4, 0.5) is 0 Å². The van der Waals surface area contributed by atoms with Gasteiger partial charge in [0.25, 0.3) is 0 Å². The maximum absolute atomic E-state index is 3.65. The summed E-state index contributed by atoms with van der Waals surface area (Å²) in [5, 5.41) is 0. The van der Waals surface area contributed by atoms with Crippen molar-refractivity contribution in [1.82, 2.24) is 9.96 Å². The van der Waals surface area contributed by atoms with Crippen LogP contribution >= 0.6 is 0 Å². The van der Waals surface area contributed by atoms with Crippen molar-refractivity contribution in [2.24, 2.45) is 0 Å². The molecule has 84 valence electrons. The fourth-order valence-corrected chi connectivity index (χ4v) is 3.77. The molecule has 3 heteroatoms. The molecule has 14 heavy (non-hydrogen) atoms. The van der Waals surface area contributed by atoms with E-state index in [1.54, 1.807) is 0 Å². The molecule has 0 aliphatic rings. The lowest BCUT2D eigenvalue weighted by Crippen LogP contribution is -2.59. The van der Waals surface area contributed by atoms with Gasteiger partial charge in [-0.25, -0.2) is 0 Å². The van der Waals surface area contributed by atoms with Crippen molar-refractivity contribution >= 4 is 9.12 Å². The number of nitrogens with one attached hydrogen (secondary N) is 2. The first-order valence-electron chi connectivity index (χ1n) is 5.32. The first-order valence-corrected chi connectivity index (χ1v) is 7.14. The van der Waals surface area contributed by atoms with E-state index in [2.05, 4.69) is 70.2 Å². The maximum atomic E-state index is 3.65. The molecule has 0 aliphatic carbocycles. The van der Waals surface area contributed by atoms with Gasteiger partial charge in [0.1, 0.15) is 0 Å². The molecule has 0 rings (SSSR count). The van der Waals surface area contributed by atoms with Gasteiger partial charge < -0.3 is 9.96 Å². The number of hydrogen-bond acceptors (Lipinski definition) is 2. The molecule has 2 N–H and O–H groups in total. The molecular formula is C11H26N2Si. The largest absolute Gasteiger partial charge is 0.320 e. The van der Waals surface area contributed by atoms with Gasteiger partial charge in [0.2, 0.25) is 9.12 Å². The zero-order valence-electron chi connectivity index (χ0n) is 10.7. The summed E-state index contributed by atoms with van der Waals surface area (Å²) in [6.07, 6.45) is 2.13. The van der Waals surface area contributed by atoms with Crippen LogP contribution in [0.25, 0.3) is 0 Å². The SMILES string of the molecule is CC=C[SiH](NC(C)(C)C)NC(C)(C)C. The van der Waals surface area contributed by atoms with Crippen LogP contribution in [-0.2, 0) is 0 Å². The van der Waals surface area contributed by atoms with E-state index in [1.807, 2.05) is 0 Å². The number of allylic oxidation sites excluding steroid dienone is 1. The highest BCUT2D eigenvalue weighted by molar-refractivity contribution is 6.59. The minimum Gasteiger partial charge on any atom is -0.320 e. The third-order valence-corrected chi connectivity index (χ3v) is 4.69. The molecule has 0 bridgehead atoms. The Balaban J connectivity index is 4.31. The normalized spacial score (nSPS) is 14.3. The third kappa shape index (κ3) is 8.47. The molecule has 0 atom stereocenters. The molecule has 0 aromatic carbocycles. The predicted octanol–water partition coefficient (Wildman–Crippen LogP) is 2.10. The Kier molecular flexibility index (Phi) is 5.05. The summed E-state index contributed by atoms with van der Waals surface area (Å²) >= 11 is 0. The standard InChI is InChI=1S/C11H26N2Si/c1-8-9-14(12-10(2,3)4)13-11(5,6)7/h8-9,12-14H,1-7H3. The van der Waals surface area contributed by atoms with Crippen LogP contribution in [0.5, 0.6) is 0 Å². The Morgan fingerprint density at radius 1 is 0.857 bits per heavy atom. The van der Waals surface area contributed by atoms with Gasteiger partial charge in [-0.05, 0) is 48.5 Å². The third-order valence-electron chi connectivity index (χ3n) is 1.56. The first kappa shape index (κ1) is 13.9. The van der Waals surface area contributed by atoms with Gasteiger partial charge in [0.15, 0.2) is 0 Å². The van der Waals surface area contributed by atoms with E-state index >= 15 is 0 Å². The monoisotopic (exact) mass is 214 g/mol. The van der Waals surface area contributed by atoms with Crippen LogP contribution in [0.15, 0.2) is 11.8 Å². The van der Waals surface area contributed by atoms with Crippen LogP contribution < -0.4 is 9.96 Å². The van der Waals surface area contributed by atoms with Gasteiger partial charge in [-0.15, -0.1) is 0 Å². The van der Waals surface area contributed by atoms with E-state index in [1.165, 1.54) is 0 Å². The van der Waals surface area contributed by atoms with Crippen LogP contribution in [0.3, 0.4) is 0 Å². The predicted molar refractivity (Wildman–Crippen MR) is 67.7 cm³/mol. The second kappa shape index (κ2) is 5.10. The molecule has 2 nitrogen and oxygen atoms in total. The molecule has 0 unspecified atom stereocenters.